The van der Waals surface area contributed by atoms with Crippen LogP contribution in [0.2, 0.25) is 0 Å². The van der Waals surface area contributed by atoms with Crippen LogP contribution in [-0.4, -0.2) is 25.4 Å². The van der Waals surface area contributed by atoms with Gasteiger partial charge in [0.15, 0.2) is 0 Å². The smallest absolute Gasteiger partial charge is 0.228 e. The maximum Gasteiger partial charge on any atom is 0.228 e. The Balaban J connectivity index is 1.42. The van der Waals surface area contributed by atoms with E-state index in [1.807, 2.05) is 11.5 Å². The molecule has 0 radical (unpaired) electrons. The molecule has 0 bridgehead atoms. The Hall–Kier alpha value is -4.14. The van der Waals surface area contributed by atoms with Gasteiger partial charge in [-0.2, -0.15) is 4.98 Å². The molecule has 0 unspecified atom stereocenters. The predicted octanol–water partition coefficient (Wildman–Crippen LogP) is 4.53. The Bertz CT molecular complexity index is 1270. The van der Waals surface area contributed by atoms with Gasteiger partial charge in [0, 0.05) is 30.2 Å². The molecule has 0 aliphatic carbocycles. The van der Waals surface area contributed by atoms with Crippen molar-refractivity contribution < 1.29 is 18.3 Å². The van der Waals surface area contributed by atoms with Gasteiger partial charge < -0.3 is 10.1 Å². The molecule has 162 valence electrons. The number of carbonyl (C=O) groups is 1. The van der Waals surface area contributed by atoms with E-state index in [4.69, 9.17) is 4.74 Å². The summed E-state index contributed by atoms with van der Waals surface area (Å²) in [6.45, 7) is 3.64. The minimum absolute atomic E-state index is 0.118. The van der Waals surface area contributed by atoms with E-state index in [1.54, 1.807) is 49.6 Å². The highest BCUT2D eigenvalue weighted by Gasteiger charge is 2.11. The molecule has 0 fully saturated rings. The normalized spacial score (nSPS) is 10.8. The average molecular weight is 435 g/mol. The summed E-state index contributed by atoms with van der Waals surface area (Å²) < 4.78 is 34.4. The van der Waals surface area contributed by atoms with E-state index in [-0.39, 0.29) is 12.0 Å². The van der Waals surface area contributed by atoms with Crippen LogP contribution in [0, 0.1) is 25.5 Å². The van der Waals surface area contributed by atoms with Gasteiger partial charge in [-0.05, 0) is 49.7 Å². The van der Waals surface area contributed by atoms with E-state index in [0.717, 1.165) is 18.0 Å². The first kappa shape index (κ1) is 21.1. The van der Waals surface area contributed by atoms with Gasteiger partial charge in [0.2, 0.25) is 11.8 Å². The summed E-state index contributed by atoms with van der Waals surface area (Å²) in [6.07, 6.45) is 3.28. The lowest BCUT2D eigenvalue weighted by Crippen LogP contribution is -2.15. The van der Waals surface area contributed by atoms with Crippen molar-refractivity contribution in [3.05, 3.63) is 89.8 Å². The van der Waals surface area contributed by atoms with E-state index in [0.29, 0.717) is 29.0 Å². The third-order valence-corrected chi connectivity index (χ3v) is 4.60. The summed E-state index contributed by atoms with van der Waals surface area (Å²) >= 11 is 0. The first-order valence-electron chi connectivity index (χ1n) is 9.75. The Morgan fingerprint density at radius 1 is 1.06 bits per heavy atom. The number of aryl methyl sites for hydroxylation is 2. The summed E-state index contributed by atoms with van der Waals surface area (Å²) in [5, 5.41) is 2.68. The van der Waals surface area contributed by atoms with Crippen molar-refractivity contribution in [1.82, 2.24) is 19.5 Å². The van der Waals surface area contributed by atoms with E-state index in [2.05, 4.69) is 20.3 Å². The van der Waals surface area contributed by atoms with Crippen molar-refractivity contribution in [3.8, 4) is 17.4 Å². The number of carbonyl (C=O) groups excluding carboxylic acids is 1. The Kier molecular flexibility index (Phi) is 5.89. The van der Waals surface area contributed by atoms with Crippen LogP contribution in [0.4, 0.5) is 14.5 Å². The number of ether oxygens (including phenoxy) is 1. The number of anilines is 1. The quantitative estimate of drug-likeness (QED) is 0.481. The zero-order valence-electron chi connectivity index (χ0n) is 17.3. The van der Waals surface area contributed by atoms with E-state index in [1.165, 1.54) is 6.07 Å². The Morgan fingerprint density at radius 2 is 1.84 bits per heavy atom. The molecule has 32 heavy (non-hydrogen) atoms. The van der Waals surface area contributed by atoms with E-state index in [9.17, 15) is 13.6 Å². The first-order valence-corrected chi connectivity index (χ1v) is 9.75. The number of benzene rings is 2. The highest BCUT2D eigenvalue weighted by Crippen LogP contribution is 2.23. The summed E-state index contributed by atoms with van der Waals surface area (Å²) in [5.74, 6) is 0.985. The van der Waals surface area contributed by atoms with Crippen LogP contribution < -0.4 is 10.1 Å². The highest BCUT2D eigenvalue weighted by molar-refractivity contribution is 5.92. The van der Waals surface area contributed by atoms with E-state index < -0.39 is 17.5 Å². The second-order valence-electron chi connectivity index (χ2n) is 7.04. The molecule has 0 aliphatic rings. The van der Waals surface area contributed by atoms with E-state index >= 15 is 0 Å². The number of hydrogen-bond donors (Lipinski definition) is 1. The molecule has 1 amide bonds. The second kappa shape index (κ2) is 8.93. The van der Waals surface area contributed by atoms with Crippen LogP contribution in [0.15, 0.2) is 60.9 Å². The summed E-state index contributed by atoms with van der Waals surface area (Å²) in [5.41, 5.74) is 0.630. The standard InChI is InChI=1S/C23H19F2N5O2/c1-14-27-21(30-10-9-26-15(30)2)13-23(28-14)32-19-7-5-18(6-8-19)29-22(31)11-16-3-4-17(24)12-20(16)25/h3-10,12-13H,11H2,1-2H3,(H,29,31). The van der Waals surface area contributed by atoms with Gasteiger partial charge in [-0.15, -0.1) is 0 Å². The van der Waals surface area contributed by atoms with Crippen molar-refractivity contribution in [1.29, 1.82) is 0 Å². The zero-order chi connectivity index (χ0) is 22.7. The van der Waals surface area contributed by atoms with Crippen LogP contribution in [0.25, 0.3) is 5.82 Å². The lowest BCUT2D eigenvalue weighted by Gasteiger charge is -2.10. The molecule has 0 saturated heterocycles. The predicted molar refractivity (Wildman–Crippen MR) is 114 cm³/mol. The molecule has 2 aromatic carbocycles. The summed E-state index contributed by atoms with van der Waals surface area (Å²) in [6, 6.07) is 11.5. The molecule has 2 heterocycles. The number of nitrogens with one attached hydrogen (secondary N) is 1. The molecule has 2 aromatic heterocycles. The Morgan fingerprint density at radius 3 is 2.53 bits per heavy atom. The third kappa shape index (κ3) is 4.94. The summed E-state index contributed by atoms with van der Waals surface area (Å²) in [7, 11) is 0. The van der Waals surface area contributed by atoms with Gasteiger partial charge in [-0.25, -0.2) is 18.7 Å². The number of rotatable bonds is 6. The molecule has 4 rings (SSSR count). The molecule has 7 nitrogen and oxygen atoms in total. The lowest BCUT2D eigenvalue weighted by atomic mass is 10.1. The molecule has 9 heteroatoms. The fraction of sp³-hybridized carbons (Fsp3) is 0.130. The molecule has 0 aliphatic heterocycles. The highest BCUT2D eigenvalue weighted by atomic mass is 19.1. The van der Waals surface area contributed by atoms with Gasteiger partial charge in [-0.3, -0.25) is 9.36 Å². The topological polar surface area (TPSA) is 81.9 Å². The minimum Gasteiger partial charge on any atom is -0.439 e. The van der Waals surface area contributed by atoms with Gasteiger partial charge in [0.1, 0.15) is 34.9 Å². The lowest BCUT2D eigenvalue weighted by molar-refractivity contribution is -0.115. The maximum atomic E-state index is 13.7. The van der Waals surface area contributed by atoms with Crippen molar-refractivity contribution in [2.45, 2.75) is 20.3 Å². The fourth-order valence-electron chi connectivity index (χ4n) is 3.09. The van der Waals surface area contributed by atoms with Crippen LogP contribution in [0.3, 0.4) is 0 Å². The fourth-order valence-corrected chi connectivity index (χ4v) is 3.09. The Labute approximate surface area is 182 Å². The molecule has 0 spiro atoms. The molecule has 0 atom stereocenters. The summed E-state index contributed by atoms with van der Waals surface area (Å²) in [4.78, 5) is 25.1. The number of amides is 1. The number of nitrogens with zero attached hydrogens (tertiary/aromatic N) is 4. The first-order chi connectivity index (χ1) is 15.4. The second-order valence-corrected chi connectivity index (χ2v) is 7.04. The van der Waals surface area contributed by atoms with Crippen molar-refractivity contribution in [2.75, 3.05) is 5.32 Å². The van der Waals surface area contributed by atoms with Crippen molar-refractivity contribution >= 4 is 11.6 Å². The van der Waals surface area contributed by atoms with Gasteiger partial charge >= 0.3 is 0 Å². The number of hydrogen-bond acceptors (Lipinski definition) is 5. The molecule has 0 saturated carbocycles. The molecule has 4 aromatic rings. The average Bonchev–Trinajstić information content (AvgIpc) is 3.17. The molecule has 1 N–H and O–H groups in total. The maximum absolute atomic E-state index is 13.7. The van der Waals surface area contributed by atoms with Gasteiger partial charge in [0.25, 0.3) is 0 Å². The van der Waals surface area contributed by atoms with Crippen molar-refractivity contribution in [3.63, 3.8) is 0 Å². The SMILES string of the molecule is Cc1nc(Oc2ccc(NC(=O)Cc3ccc(F)cc3F)cc2)cc(-n2ccnc2C)n1. The largest absolute Gasteiger partial charge is 0.439 e. The van der Waals surface area contributed by atoms with Gasteiger partial charge in [0.05, 0.1) is 6.42 Å². The van der Waals surface area contributed by atoms with Crippen LogP contribution in [-0.2, 0) is 11.2 Å². The minimum atomic E-state index is -0.755. The van der Waals surface area contributed by atoms with Crippen LogP contribution in [0.1, 0.15) is 17.2 Å². The van der Waals surface area contributed by atoms with Crippen LogP contribution in [0.5, 0.6) is 11.6 Å². The molecular formula is C23H19F2N5O2. The van der Waals surface area contributed by atoms with Gasteiger partial charge in [-0.1, -0.05) is 6.07 Å². The number of halogens is 2. The van der Waals surface area contributed by atoms with Crippen LogP contribution >= 0.6 is 0 Å². The third-order valence-electron chi connectivity index (χ3n) is 4.60. The number of aromatic nitrogens is 4. The molecular weight excluding hydrogens is 416 g/mol. The zero-order valence-corrected chi connectivity index (χ0v) is 17.3. The number of imidazole rings is 1. The van der Waals surface area contributed by atoms with Crippen molar-refractivity contribution in [2.24, 2.45) is 0 Å². The monoisotopic (exact) mass is 435 g/mol.